The molecular weight excluding hydrogens is 398 g/mol. The summed E-state index contributed by atoms with van der Waals surface area (Å²) in [5, 5.41) is 2.23. The van der Waals surface area contributed by atoms with E-state index in [-0.39, 0.29) is 18.6 Å². The van der Waals surface area contributed by atoms with Crippen LogP contribution in [0.3, 0.4) is 0 Å². The third-order valence-corrected chi connectivity index (χ3v) is 4.15. The number of pyridine rings is 2. The predicted octanol–water partition coefficient (Wildman–Crippen LogP) is 5.56. The van der Waals surface area contributed by atoms with Crippen LogP contribution in [0.15, 0.2) is 60.8 Å². The Morgan fingerprint density at radius 1 is 0.852 bits per heavy atom. The summed E-state index contributed by atoms with van der Waals surface area (Å²) < 4.78 is 0.972. The van der Waals surface area contributed by atoms with Crippen LogP contribution in [0.25, 0.3) is 21.8 Å². The first-order valence-corrected chi connectivity index (χ1v) is 8.68. The Morgan fingerprint density at radius 3 is 2.00 bits per heavy atom. The van der Waals surface area contributed by atoms with Crippen LogP contribution in [0, 0.1) is 19.9 Å². The van der Waals surface area contributed by atoms with Gasteiger partial charge in [0.25, 0.3) is 0 Å². The topological polar surface area (TPSA) is 60.8 Å². The van der Waals surface area contributed by atoms with Crippen molar-refractivity contribution >= 4 is 38.6 Å². The van der Waals surface area contributed by atoms with E-state index in [2.05, 4.69) is 55.9 Å². The minimum Gasteiger partial charge on any atom is -0.344 e. The van der Waals surface area contributed by atoms with Crippen molar-refractivity contribution in [3.8, 4) is 0 Å². The van der Waals surface area contributed by atoms with Gasteiger partial charge < -0.3 is 6.15 Å². The summed E-state index contributed by atoms with van der Waals surface area (Å²) in [5.74, 6) is 0. The second-order valence-electron chi connectivity index (χ2n) is 5.94. The van der Waals surface area contributed by atoms with E-state index in [1.807, 2.05) is 51.1 Å². The summed E-state index contributed by atoms with van der Waals surface area (Å²) >= 11 is 3.93. The average Bonchev–Trinajstić information content (AvgIpc) is 2.61. The van der Waals surface area contributed by atoms with Gasteiger partial charge in [0.05, 0.1) is 0 Å². The second-order valence-corrected chi connectivity index (χ2v) is 6.77. The molecule has 3 nitrogen and oxygen atoms in total. The Labute approximate surface area is 174 Å². The molecule has 27 heavy (non-hydrogen) atoms. The summed E-state index contributed by atoms with van der Waals surface area (Å²) in [4.78, 5) is 9.06. The number of nitrogens with zero attached hydrogens (tertiary/aromatic N) is 2. The normalized spacial score (nSPS) is 9.59. The summed E-state index contributed by atoms with van der Waals surface area (Å²) in [6, 6.07) is 21.5. The predicted molar refractivity (Wildman–Crippen MR) is 114 cm³/mol. The molecule has 0 unspecified atom stereocenters. The van der Waals surface area contributed by atoms with Gasteiger partial charge in [0.1, 0.15) is 0 Å². The molecule has 0 saturated heterocycles. The molecule has 2 heterocycles. The van der Waals surface area contributed by atoms with Crippen LogP contribution in [0.5, 0.6) is 0 Å². The van der Waals surface area contributed by atoms with E-state index in [9.17, 15) is 0 Å². The zero-order chi connectivity index (χ0) is 17.8. The largest absolute Gasteiger partial charge is 0.344 e. The zero-order valence-electron chi connectivity index (χ0n) is 15.6. The Morgan fingerprint density at radius 2 is 1.44 bits per heavy atom. The number of fused-ring (bicyclic) bond motifs is 3. The first-order valence-electron chi connectivity index (χ1n) is 8.13. The maximum Gasteiger partial charge on any atom is -0.0630 e. The summed E-state index contributed by atoms with van der Waals surface area (Å²) in [6.07, 6.45) is 1.80. The molecule has 0 aliphatic rings. The third kappa shape index (κ3) is 5.69. The molecule has 0 fully saturated rings. The first-order chi connectivity index (χ1) is 12.0. The number of benzene rings is 2. The average molecular weight is 421 g/mol. The molecule has 2 aromatic heterocycles. The van der Waals surface area contributed by atoms with Crippen molar-refractivity contribution in [2.45, 2.75) is 20.8 Å². The maximum atomic E-state index is 4.64. The third-order valence-electron chi connectivity index (χ3n) is 3.87. The molecule has 0 radical (unpaired) electrons. The number of aromatic nitrogens is 2. The summed E-state index contributed by atoms with van der Waals surface area (Å²) in [6.45, 7) is 6.06. The van der Waals surface area contributed by atoms with Gasteiger partial charge in [-0.3, -0.25) is 0 Å². The molecule has 5 heteroatoms. The van der Waals surface area contributed by atoms with Gasteiger partial charge in [-0.15, -0.1) is 12.4 Å². The van der Waals surface area contributed by atoms with E-state index in [0.717, 1.165) is 31.9 Å². The van der Waals surface area contributed by atoms with Crippen molar-refractivity contribution in [1.82, 2.24) is 16.1 Å². The van der Waals surface area contributed by atoms with Crippen LogP contribution in [0.2, 0.25) is 0 Å². The minimum atomic E-state index is 0. The van der Waals surface area contributed by atoms with Crippen LogP contribution in [0.4, 0.5) is 0 Å². The molecule has 0 amide bonds. The monoisotopic (exact) mass is 420 g/mol. The Bertz CT molecular complexity index is 1050. The summed E-state index contributed by atoms with van der Waals surface area (Å²) in [5.41, 5.74) is 5.25. The Balaban J connectivity index is 0.000000313. The fourth-order valence-electron chi connectivity index (χ4n) is 2.64. The van der Waals surface area contributed by atoms with E-state index in [4.69, 9.17) is 0 Å². The summed E-state index contributed by atoms with van der Waals surface area (Å²) in [7, 11) is 0. The first kappa shape index (κ1) is 22.9. The Hall–Kier alpha value is -2.10. The molecule has 0 aliphatic carbocycles. The van der Waals surface area contributed by atoms with Crippen LogP contribution in [0.1, 0.15) is 23.7 Å². The van der Waals surface area contributed by atoms with Crippen molar-refractivity contribution < 1.29 is 15.6 Å². The zero-order valence-corrected chi connectivity index (χ0v) is 17.6. The van der Waals surface area contributed by atoms with Crippen molar-refractivity contribution in [3.05, 3.63) is 83.7 Å². The second kappa shape index (κ2) is 10.3. The molecule has 141 valence electrons. The molecule has 4 aromatic rings. The quantitative estimate of drug-likeness (QED) is 0.249. The number of hydrogen-bond donors (Lipinski definition) is 1. The van der Waals surface area contributed by atoms with E-state index in [1.165, 1.54) is 11.1 Å². The fourth-order valence-corrected chi connectivity index (χ4v) is 2.80. The van der Waals surface area contributed by atoms with E-state index >= 15 is 0 Å². The van der Waals surface area contributed by atoms with Crippen molar-refractivity contribution in [2.75, 3.05) is 0 Å². The van der Waals surface area contributed by atoms with Crippen molar-refractivity contribution in [3.63, 3.8) is 0 Å². The van der Waals surface area contributed by atoms with E-state index in [1.54, 1.807) is 6.20 Å². The molecule has 4 rings (SSSR count). The molecular formula is C22H23ClFeN3. The number of halogens is 1. The standard InChI is InChI=1S/C14H10N2.C8H9.ClH.Fe.H3N/c1-2-12-8-7-11-6-5-10-4-3-9-15-13(10)14(11)16-12;1-7-4-3-5-8(2)6-7;;;/h3-9H,1H3;3-5H,1-2H3;1H;;1H3/q;-1;;+1;. The SMILES string of the molecule is C[C](=[Fe+])c1ccc2ccc3cccnc3c2n1.Cc1[c-]c(C)ccc1.Cl.N. The minimum absolute atomic E-state index is 0. The van der Waals surface area contributed by atoms with Crippen LogP contribution >= 0.6 is 12.4 Å². The van der Waals surface area contributed by atoms with Gasteiger partial charge in [-0.05, 0) is 0 Å². The fraction of sp³-hybridized carbons (Fsp3) is 0.136. The van der Waals surface area contributed by atoms with Gasteiger partial charge in [-0.25, -0.2) is 0 Å². The smallest absolute Gasteiger partial charge is 0.0630 e. The van der Waals surface area contributed by atoms with Crippen LogP contribution in [-0.2, 0) is 15.6 Å². The van der Waals surface area contributed by atoms with Crippen molar-refractivity contribution in [1.29, 1.82) is 0 Å². The Kier molecular flexibility index (Phi) is 8.74. The molecule has 0 bridgehead atoms. The van der Waals surface area contributed by atoms with Crippen LogP contribution < -0.4 is 6.15 Å². The molecule has 0 atom stereocenters. The molecule has 0 aliphatic heterocycles. The van der Waals surface area contributed by atoms with Gasteiger partial charge in [-0.2, -0.15) is 35.4 Å². The van der Waals surface area contributed by atoms with E-state index in [0.29, 0.717) is 0 Å². The number of hydrogen-bond acceptors (Lipinski definition) is 3. The van der Waals surface area contributed by atoms with Gasteiger partial charge in [-0.1, -0.05) is 13.8 Å². The molecule has 0 saturated carbocycles. The molecule has 0 spiro atoms. The maximum absolute atomic E-state index is 4.64. The van der Waals surface area contributed by atoms with E-state index < -0.39 is 0 Å². The van der Waals surface area contributed by atoms with Gasteiger partial charge in [0.2, 0.25) is 0 Å². The van der Waals surface area contributed by atoms with Crippen molar-refractivity contribution in [2.24, 2.45) is 0 Å². The van der Waals surface area contributed by atoms with Gasteiger partial charge >= 0.3 is 107 Å². The number of aryl methyl sites for hydroxylation is 2. The molecule has 3 N–H and O–H groups in total. The van der Waals surface area contributed by atoms with Gasteiger partial charge in [0.15, 0.2) is 0 Å². The number of rotatable bonds is 1. The van der Waals surface area contributed by atoms with Crippen LogP contribution in [-0.4, -0.2) is 14.4 Å². The van der Waals surface area contributed by atoms with Gasteiger partial charge in [0, 0.05) is 0 Å². The molecule has 2 aromatic carbocycles.